The Kier molecular flexibility index (Phi) is 5.25. The van der Waals surface area contributed by atoms with Gasteiger partial charge in [-0.1, -0.05) is 23.5 Å². The molecule has 1 amide bonds. The number of methoxy groups -OCH3 is 1. The molecule has 0 saturated carbocycles. The Bertz CT molecular complexity index is 971. The van der Waals surface area contributed by atoms with Gasteiger partial charge in [0.1, 0.15) is 12.3 Å². The molecule has 0 aliphatic heterocycles. The number of fused-ring (bicyclic) bond motifs is 1. The summed E-state index contributed by atoms with van der Waals surface area (Å²) in [6.07, 6.45) is 1.58. The van der Waals surface area contributed by atoms with Gasteiger partial charge in [0.05, 0.1) is 23.5 Å². The molecule has 3 rings (SSSR count). The molecule has 7 heteroatoms. The molecule has 0 aliphatic rings. The summed E-state index contributed by atoms with van der Waals surface area (Å²) in [4.78, 5) is 17.1. The van der Waals surface area contributed by atoms with Crippen LogP contribution in [0.2, 0.25) is 0 Å². The first kappa shape index (κ1) is 16.9. The van der Waals surface area contributed by atoms with Crippen LogP contribution in [0.4, 0.5) is 0 Å². The zero-order valence-electron chi connectivity index (χ0n) is 14.0. The molecule has 1 heterocycles. The molecule has 128 valence electrons. The Morgan fingerprint density at radius 1 is 1.24 bits per heavy atom. The molecule has 0 atom stereocenters. The number of nitrogens with one attached hydrogen (secondary N) is 1. The van der Waals surface area contributed by atoms with Crippen LogP contribution in [0, 0.1) is 0 Å². The first-order chi connectivity index (χ1) is 12.2. The van der Waals surface area contributed by atoms with Crippen LogP contribution in [-0.2, 0) is 11.8 Å². The Labute approximate surface area is 149 Å². The van der Waals surface area contributed by atoms with E-state index in [1.54, 1.807) is 24.7 Å². The van der Waals surface area contributed by atoms with Gasteiger partial charge in [-0.25, -0.2) is 10.4 Å². The lowest BCUT2D eigenvalue weighted by molar-refractivity contribution is -0.119. The van der Waals surface area contributed by atoms with Crippen molar-refractivity contribution >= 4 is 33.7 Å². The average molecular weight is 354 g/mol. The molecular weight excluding hydrogens is 336 g/mol. The molecule has 3 aromatic rings. The number of carbonyl (C=O) groups is 1. The fourth-order valence-corrected chi connectivity index (χ4v) is 3.29. The lowest BCUT2D eigenvalue weighted by Gasteiger charge is -1.99. The summed E-state index contributed by atoms with van der Waals surface area (Å²) in [6.45, 7) is 0.0284. The van der Waals surface area contributed by atoms with E-state index in [4.69, 9.17) is 4.74 Å². The van der Waals surface area contributed by atoms with Crippen LogP contribution in [-0.4, -0.2) is 30.3 Å². The third-order valence-electron chi connectivity index (χ3n) is 3.59. The number of carbonyl (C=O) groups excluding carboxylic acids is 1. The molecule has 2 aromatic carbocycles. The van der Waals surface area contributed by atoms with E-state index in [-0.39, 0.29) is 12.5 Å². The fourth-order valence-electron chi connectivity index (χ4n) is 2.27. The highest BCUT2D eigenvalue weighted by molar-refractivity contribution is 7.16. The number of amides is 1. The molecule has 25 heavy (non-hydrogen) atoms. The average Bonchev–Trinajstić information content (AvgIpc) is 2.97. The predicted molar refractivity (Wildman–Crippen MR) is 100.0 cm³/mol. The number of hydrogen-bond acceptors (Lipinski definition) is 5. The largest absolute Gasteiger partial charge is 0.497 e. The quantitative estimate of drug-likeness (QED) is 0.564. The van der Waals surface area contributed by atoms with Gasteiger partial charge in [0.15, 0.2) is 4.80 Å². The molecule has 1 aromatic heterocycles. The van der Waals surface area contributed by atoms with Crippen molar-refractivity contribution in [1.29, 1.82) is 0 Å². The molecule has 0 bridgehead atoms. The zero-order chi connectivity index (χ0) is 17.6. The van der Waals surface area contributed by atoms with E-state index in [9.17, 15) is 4.79 Å². The monoisotopic (exact) mass is 354 g/mol. The van der Waals surface area contributed by atoms with E-state index >= 15 is 0 Å². The summed E-state index contributed by atoms with van der Waals surface area (Å²) in [6, 6.07) is 15.4. The van der Waals surface area contributed by atoms with Crippen LogP contribution in [0.25, 0.3) is 10.2 Å². The van der Waals surface area contributed by atoms with Gasteiger partial charge in [0.2, 0.25) is 0 Å². The van der Waals surface area contributed by atoms with Gasteiger partial charge in [-0.15, -0.1) is 0 Å². The number of benzene rings is 2. The summed E-state index contributed by atoms with van der Waals surface area (Å²) in [5.41, 5.74) is 4.45. The number of hydrazone groups is 1. The number of thiazole rings is 1. The van der Waals surface area contributed by atoms with E-state index in [2.05, 4.69) is 15.5 Å². The van der Waals surface area contributed by atoms with Crippen molar-refractivity contribution < 1.29 is 9.53 Å². The summed E-state index contributed by atoms with van der Waals surface area (Å²) < 4.78 is 8.21. The number of aromatic nitrogens is 1. The fraction of sp³-hybridized carbons (Fsp3) is 0.167. The second-order valence-electron chi connectivity index (χ2n) is 5.29. The van der Waals surface area contributed by atoms with Gasteiger partial charge in [-0.3, -0.25) is 4.79 Å². The standard InChI is InChI=1S/C18H18N4O2S/c1-22-15-5-3-4-6-16(15)25-18(22)19-12-17(23)21-20-11-13-7-9-14(24-2)10-8-13/h3-11H,12H2,1-2H3,(H,21,23)/b19-18?,20-11-. The minimum atomic E-state index is -0.262. The third kappa shape index (κ3) is 4.13. The third-order valence-corrected chi connectivity index (χ3v) is 4.74. The van der Waals surface area contributed by atoms with Crippen molar-refractivity contribution in [1.82, 2.24) is 9.99 Å². The van der Waals surface area contributed by atoms with Gasteiger partial charge in [-0.05, 0) is 42.0 Å². The van der Waals surface area contributed by atoms with E-state index in [0.717, 1.165) is 26.3 Å². The highest BCUT2D eigenvalue weighted by atomic mass is 32.1. The topological polar surface area (TPSA) is 68.0 Å². The maximum atomic E-state index is 11.9. The van der Waals surface area contributed by atoms with E-state index in [1.807, 2.05) is 60.1 Å². The number of rotatable bonds is 5. The first-order valence-corrected chi connectivity index (χ1v) is 8.50. The van der Waals surface area contributed by atoms with Crippen LogP contribution in [0.5, 0.6) is 5.75 Å². The summed E-state index contributed by atoms with van der Waals surface area (Å²) in [7, 11) is 3.56. The highest BCUT2D eigenvalue weighted by Crippen LogP contribution is 2.15. The maximum Gasteiger partial charge on any atom is 0.261 e. The van der Waals surface area contributed by atoms with Gasteiger partial charge in [-0.2, -0.15) is 5.10 Å². The van der Waals surface area contributed by atoms with E-state index < -0.39 is 0 Å². The van der Waals surface area contributed by atoms with Crippen molar-refractivity contribution in [2.24, 2.45) is 17.1 Å². The minimum absolute atomic E-state index is 0.0284. The summed E-state index contributed by atoms with van der Waals surface area (Å²) >= 11 is 1.56. The molecular formula is C18H18N4O2S. The molecule has 0 spiro atoms. The molecule has 6 nitrogen and oxygen atoms in total. The van der Waals surface area contributed by atoms with Crippen LogP contribution in [0.3, 0.4) is 0 Å². The van der Waals surface area contributed by atoms with Crippen LogP contribution >= 0.6 is 11.3 Å². The summed E-state index contributed by atoms with van der Waals surface area (Å²) in [5, 5.41) is 3.95. The predicted octanol–water partition coefficient (Wildman–Crippen LogP) is 2.30. The van der Waals surface area contributed by atoms with Crippen molar-refractivity contribution in [3.8, 4) is 5.75 Å². The van der Waals surface area contributed by atoms with Gasteiger partial charge < -0.3 is 9.30 Å². The Hall–Kier alpha value is -2.93. The Morgan fingerprint density at radius 3 is 2.72 bits per heavy atom. The SMILES string of the molecule is COc1ccc(/C=N\NC(=O)CN=c2sc3ccccc3n2C)cc1. The second-order valence-corrected chi connectivity index (χ2v) is 6.30. The molecule has 1 N–H and O–H groups in total. The van der Waals surface area contributed by atoms with Crippen molar-refractivity contribution in [2.45, 2.75) is 0 Å². The highest BCUT2D eigenvalue weighted by Gasteiger charge is 2.02. The molecule has 0 aliphatic carbocycles. The minimum Gasteiger partial charge on any atom is -0.497 e. The number of hydrogen-bond donors (Lipinski definition) is 1. The van der Waals surface area contributed by atoms with Crippen LogP contribution in [0.15, 0.2) is 58.6 Å². The molecule has 0 fully saturated rings. The Balaban J connectivity index is 1.61. The van der Waals surface area contributed by atoms with Crippen LogP contribution < -0.4 is 15.0 Å². The van der Waals surface area contributed by atoms with Crippen LogP contribution in [0.1, 0.15) is 5.56 Å². The lowest BCUT2D eigenvalue weighted by Crippen LogP contribution is -2.22. The van der Waals surface area contributed by atoms with Crippen molar-refractivity contribution in [2.75, 3.05) is 13.7 Å². The first-order valence-electron chi connectivity index (χ1n) is 7.68. The van der Waals surface area contributed by atoms with E-state index in [0.29, 0.717) is 0 Å². The van der Waals surface area contributed by atoms with Crippen molar-refractivity contribution in [3.05, 3.63) is 58.9 Å². The molecule has 0 unspecified atom stereocenters. The number of aryl methyl sites for hydroxylation is 1. The number of ether oxygens (including phenoxy) is 1. The molecule has 0 radical (unpaired) electrons. The zero-order valence-corrected chi connectivity index (χ0v) is 14.8. The normalized spacial score (nSPS) is 12.0. The Morgan fingerprint density at radius 2 is 2.00 bits per heavy atom. The maximum absolute atomic E-state index is 11.9. The van der Waals surface area contributed by atoms with Gasteiger partial charge in [0.25, 0.3) is 5.91 Å². The molecule has 0 saturated heterocycles. The second kappa shape index (κ2) is 7.76. The number of para-hydroxylation sites is 1. The van der Waals surface area contributed by atoms with Crippen molar-refractivity contribution in [3.63, 3.8) is 0 Å². The smallest absolute Gasteiger partial charge is 0.261 e. The van der Waals surface area contributed by atoms with Gasteiger partial charge >= 0.3 is 0 Å². The lowest BCUT2D eigenvalue weighted by atomic mass is 10.2. The van der Waals surface area contributed by atoms with Gasteiger partial charge in [0, 0.05) is 7.05 Å². The van der Waals surface area contributed by atoms with E-state index in [1.165, 1.54) is 0 Å². The summed E-state index contributed by atoms with van der Waals surface area (Å²) in [5.74, 6) is 0.512. The number of nitrogens with zero attached hydrogens (tertiary/aromatic N) is 3.